The third-order valence-corrected chi connectivity index (χ3v) is 5.55. The molecule has 1 saturated carbocycles. The van der Waals surface area contributed by atoms with Crippen molar-refractivity contribution in [2.24, 2.45) is 5.92 Å². The van der Waals surface area contributed by atoms with Gasteiger partial charge in [0.1, 0.15) is 23.3 Å². The molecule has 5 rings (SSSR count). The molecule has 0 atom stereocenters. The van der Waals surface area contributed by atoms with Gasteiger partial charge in [0.2, 0.25) is 11.8 Å². The van der Waals surface area contributed by atoms with Gasteiger partial charge in [0.25, 0.3) is 0 Å². The zero-order valence-electron chi connectivity index (χ0n) is 17.1. The first-order chi connectivity index (χ1) is 15.5. The van der Waals surface area contributed by atoms with Crippen LogP contribution < -0.4 is 9.47 Å². The van der Waals surface area contributed by atoms with Crippen molar-refractivity contribution in [3.63, 3.8) is 0 Å². The summed E-state index contributed by atoms with van der Waals surface area (Å²) in [5.74, 6) is -0.315. The van der Waals surface area contributed by atoms with Crippen LogP contribution >= 0.6 is 0 Å². The first-order valence-corrected chi connectivity index (χ1v) is 10.1. The van der Waals surface area contributed by atoms with E-state index in [1.165, 1.54) is 13.2 Å². The molecule has 0 aliphatic heterocycles. The molecule has 1 aromatic carbocycles. The summed E-state index contributed by atoms with van der Waals surface area (Å²) >= 11 is 0. The van der Waals surface area contributed by atoms with E-state index in [2.05, 4.69) is 19.9 Å². The zero-order chi connectivity index (χ0) is 22.2. The molecular weight excluding hydrogens is 415 g/mol. The third kappa shape index (κ3) is 3.73. The van der Waals surface area contributed by atoms with Crippen LogP contribution in [-0.4, -0.2) is 44.2 Å². The number of aromatic amines is 1. The predicted octanol–water partition coefficient (Wildman–Crippen LogP) is 4.08. The lowest BCUT2D eigenvalue weighted by Gasteiger charge is -2.31. The lowest BCUT2D eigenvalue weighted by atomic mass is 9.82. The molecule has 1 aliphatic rings. The number of nitrogens with zero attached hydrogens (tertiary/aromatic N) is 3. The fourth-order valence-corrected chi connectivity index (χ4v) is 3.66. The number of hydrogen-bond donors (Lipinski definition) is 2. The van der Waals surface area contributed by atoms with Crippen molar-refractivity contribution in [3.8, 4) is 34.3 Å². The highest BCUT2D eigenvalue weighted by atomic mass is 19.1. The molecule has 0 saturated heterocycles. The van der Waals surface area contributed by atoms with E-state index in [-0.39, 0.29) is 12.0 Å². The molecule has 162 valence electrons. The summed E-state index contributed by atoms with van der Waals surface area (Å²) < 4.78 is 25.7. The largest absolute Gasteiger partial charge is 0.481 e. The summed E-state index contributed by atoms with van der Waals surface area (Å²) in [6.07, 6.45) is 2.43. The van der Waals surface area contributed by atoms with Gasteiger partial charge in [0.15, 0.2) is 5.65 Å². The summed E-state index contributed by atoms with van der Waals surface area (Å²) in [5.41, 5.74) is 2.86. The number of hydrogen-bond acceptors (Lipinski definition) is 6. The van der Waals surface area contributed by atoms with Gasteiger partial charge in [-0.15, -0.1) is 0 Å². The van der Waals surface area contributed by atoms with Gasteiger partial charge in [0, 0.05) is 23.9 Å². The number of H-pyrrole nitrogens is 1. The van der Waals surface area contributed by atoms with E-state index < -0.39 is 11.8 Å². The SMILES string of the molecule is COc1ccc2nc(-c3ccc(-c4ccc(O[C@H]5C[C@@H](C(=O)O)C5)nc4)cc3F)[nH]c2n1. The fourth-order valence-electron chi connectivity index (χ4n) is 3.66. The van der Waals surface area contributed by atoms with E-state index >= 15 is 0 Å². The monoisotopic (exact) mass is 434 g/mol. The molecular formula is C23H19FN4O4. The summed E-state index contributed by atoms with van der Waals surface area (Å²) in [6, 6.07) is 11.8. The lowest BCUT2D eigenvalue weighted by molar-refractivity contribution is -0.148. The van der Waals surface area contributed by atoms with Crippen molar-refractivity contribution in [1.29, 1.82) is 0 Å². The second-order valence-corrected chi connectivity index (χ2v) is 7.63. The first-order valence-electron chi connectivity index (χ1n) is 10.1. The number of nitrogens with one attached hydrogen (secondary N) is 1. The molecule has 8 nitrogen and oxygen atoms in total. The van der Waals surface area contributed by atoms with Crippen LogP contribution in [0.25, 0.3) is 33.7 Å². The van der Waals surface area contributed by atoms with Gasteiger partial charge >= 0.3 is 5.97 Å². The minimum Gasteiger partial charge on any atom is -0.481 e. The Bertz CT molecular complexity index is 1300. The zero-order valence-corrected chi connectivity index (χ0v) is 17.1. The van der Waals surface area contributed by atoms with Crippen molar-refractivity contribution < 1.29 is 23.8 Å². The van der Waals surface area contributed by atoms with Crippen LogP contribution in [0.3, 0.4) is 0 Å². The second-order valence-electron chi connectivity index (χ2n) is 7.63. The number of halogens is 1. The number of imidazole rings is 1. The number of carboxylic acids is 1. The van der Waals surface area contributed by atoms with Gasteiger partial charge in [0.05, 0.1) is 18.6 Å². The molecule has 0 amide bonds. The number of aliphatic carboxylic acids is 1. The minimum atomic E-state index is -0.794. The van der Waals surface area contributed by atoms with Crippen LogP contribution in [0.5, 0.6) is 11.8 Å². The molecule has 1 fully saturated rings. The van der Waals surface area contributed by atoms with E-state index in [1.807, 2.05) is 0 Å². The Morgan fingerprint density at radius 1 is 1.09 bits per heavy atom. The molecule has 2 N–H and O–H groups in total. The summed E-state index contributed by atoms with van der Waals surface area (Å²) in [5, 5.41) is 8.94. The van der Waals surface area contributed by atoms with Crippen molar-refractivity contribution in [2.45, 2.75) is 18.9 Å². The fraction of sp³-hybridized carbons (Fsp3) is 0.217. The number of rotatable bonds is 6. The van der Waals surface area contributed by atoms with Gasteiger partial charge in [-0.2, -0.15) is 4.98 Å². The number of fused-ring (bicyclic) bond motifs is 1. The average molecular weight is 434 g/mol. The smallest absolute Gasteiger partial charge is 0.306 e. The maximum atomic E-state index is 14.9. The van der Waals surface area contributed by atoms with Crippen molar-refractivity contribution in [2.75, 3.05) is 7.11 Å². The Kier molecular flexibility index (Phi) is 4.93. The van der Waals surface area contributed by atoms with Gasteiger partial charge in [-0.05, 0) is 42.7 Å². The average Bonchev–Trinajstić information content (AvgIpc) is 3.18. The molecule has 9 heteroatoms. The van der Waals surface area contributed by atoms with E-state index in [9.17, 15) is 9.18 Å². The van der Waals surface area contributed by atoms with E-state index in [0.717, 1.165) is 5.56 Å². The number of benzene rings is 1. The van der Waals surface area contributed by atoms with Crippen molar-refractivity contribution >= 4 is 17.1 Å². The van der Waals surface area contributed by atoms with Crippen molar-refractivity contribution in [3.05, 3.63) is 54.5 Å². The van der Waals surface area contributed by atoms with Crippen LogP contribution in [0.15, 0.2) is 48.7 Å². The van der Waals surface area contributed by atoms with Crippen molar-refractivity contribution in [1.82, 2.24) is 19.9 Å². The van der Waals surface area contributed by atoms with Crippen LogP contribution in [0.1, 0.15) is 12.8 Å². The highest BCUT2D eigenvalue weighted by Crippen LogP contribution is 2.32. The molecule has 1 aliphatic carbocycles. The van der Waals surface area contributed by atoms with Crippen LogP contribution in [0.2, 0.25) is 0 Å². The molecule has 4 aromatic rings. The van der Waals surface area contributed by atoms with Gasteiger partial charge in [-0.25, -0.2) is 14.4 Å². The van der Waals surface area contributed by atoms with E-state index in [1.54, 1.807) is 42.6 Å². The molecule has 0 unspecified atom stereocenters. The molecule has 3 heterocycles. The van der Waals surface area contributed by atoms with Gasteiger partial charge < -0.3 is 19.6 Å². The topological polar surface area (TPSA) is 110 Å². The molecule has 32 heavy (non-hydrogen) atoms. The normalized spacial score (nSPS) is 17.7. The Hall–Kier alpha value is -4.01. The number of methoxy groups -OCH3 is 1. The predicted molar refractivity (Wildman–Crippen MR) is 114 cm³/mol. The number of aromatic nitrogens is 4. The number of carbonyl (C=O) groups is 1. The van der Waals surface area contributed by atoms with E-state index in [4.69, 9.17) is 14.6 Å². The number of pyridine rings is 2. The summed E-state index contributed by atoms with van der Waals surface area (Å²) in [6.45, 7) is 0. The van der Waals surface area contributed by atoms with E-state index in [0.29, 0.717) is 52.7 Å². The molecule has 0 bridgehead atoms. The Morgan fingerprint density at radius 2 is 1.88 bits per heavy atom. The van der Waals surface area contributed by atoms with Gasteiger partial charge in [-0.1, -0.05) is 6.07 Å². The lowest BCUT2D eigenvalue weighted by Crippen LogP contribution is -2.38. The second kappa shape index (κ2) is 7.92. The van der Waals surface area contributed by atoms with Gasteiger partial charge in [-0.3, -0.25) is 4.79 Å². The molecule has 0 radical (unpaired) electrons. The number of ether oxygens (including phenoxy) is 2. The maximum absolute atomic E-state index is 14.9. The highest BCUT2D eigenvalue weighted by Gasteiger charge is 2.36. The highest BCUT2D eigenvalue weighted by molar-refractivity contribution is 5.77. The Labute approximate surface area is 182 Å². The number of carboxylic acid groups (broad SMARTS) is 1. The quantitative estimate of drug-likeness (QED) is 0.471. The van der Waals surface area contributed by atoms with Crippen LogP contribution in [0, 0.1) is 11.7 Å². The molecule has 3 aromatic heterocycles. The Balaban J connectivity index is 1.32. The van der Waals surface area contributed by atoms with Crippen LogP contribution in [0.4, 0.5) is 4.39 Å². The minimum absolute atomic E-state index is 0.135. The first kappa shape index (κ1) is 19.9. The summed E-state index contributed by atoms with van der Waals surface area (Å²) in [4.78, 5) is 26.9. The summed E-state index contributed by atoms with van der Waals surface area (Å²) in [7, 11) is 1.53. The standard InChI is InChI=1S/C23H19FN4O4/c1-31-20-7-5-18-22(27-20)28-21(26-18)16-4-2-12(10-17(16)24)13-3-6-19(25-11-13)32-15-8-14(9-15)23(29)30/h2-7,10-11,14-15H,8-9H2,1H3,(H,29,30)(H,26,27,28)/t14-,15+. The third-order valence-electron chi connectivity index (χ3n) is 5.55. The molecule has 0 spiro atoms. The van der Waals surface area contributed by atoms with Crippen LogP contribution in [-0.2, 0) is 4.79 Å². The maximum Gasteiger partial charge on any atom is 0.306 e. The Morgan fingerprint density at radius 3 is 2.56 bits per heavy atom.